The van der Waals surface area contributed by atoms with Gasteiger partial charge in [0.05, 0.1) is 9.79 Å². The van der Waals surface area contributed by atoms with Gasteiger partial charge in [-0.2, -0.15) is 0 Å². The Morgan fingerprint density at radius 1 is 0.667 bits per heavy atom. The minimum absolute atomic E-state index is 0. The van der Waals surface area contributed by atoms with Crippen molar-refractivity contribution in [1.29, 1.82) is 0 Å². The van der Waals surface area contributed by atoms with Crippen LogP contribution in [0.1, 0.15) is 22.3 Å². The standard InChI is InChI=1S/2C8H10O4S.Ca/c2*1-5-3-4-7(13(10,11)12)8(9)6(5)2;/h2*3-4,9H,1-2H3,(H,10,11,12);/q;;+2/p-2. The van der Waals surface area contributed by atoms with Crippen LogP contribution in [0, 0.1) is 27.7 Å². The van der Waals surface area contributed by atoms with E-state index < -0.39 is 41.5 Å². The number of phenols is 2. The normalized spacial score (nSPS) is 11.2. The van der Waals surface area contributed by atoms with Gasteiger partial charge in [-0.05, 0) is 62.1 Å². The molecule has 0 spiro atoms. The molecule has 0 heterocycles. The van der Waals surface area contributed by atoms with Gasteiger partial charge >= 0.3 is 37.7 Å². The van der Waals surface area contributed by atoms with Crippen molar-refractivity contribution < 1.29 is 36.2 Å². The van der Waals surface area contributed by atoms with Gasteiger partial charge in [-0.25, -0.2) is 16.8 Å². The van der Waals surface area contributed by atoms with Gasteiger partial charge in [-0.3, -0.25) is 0 Å². The summed E-state index contributed by atoms with van der Waals surface area (Å²) in [7, 11) is -9.15. The number of benzene rings is 2. The molecule has 0 unspecified atom stereocenters. The van der Waals surface area contributed by atoms with Crippen LogP contribution in [0.4, 0.5) is 0 Å². The van der Waals surface area contributed by atoms with Crippen LogP contribution in [-0.4, -0.2) is 73.9 Å². The number of aryl methyl sites for hydroxylation is 2. The van der Waals surface area contributed by atoms with Gasteiger partial charge in [-0.15, -0.1) is 0 Å². The maximum atomic E-state index is 10.6. The first-order valence-electron chi connectivity index (χ1n) is 7.18. The van der Waals surface area contributed by atoms with E-state index >= 15 is 0 Å². The summed E-state index contributed by atoms with van der Waals surface area (Å²) in [5, 5.41) is 18.7. The summed E-state index contributed by atoms with van der Waals surface area (Å²) in [4.78, 5) is -1.12. The molecule has 0 amide bonds. The van der Waals surface area contributed by atoms with Crippen LogP contribution in [0.5, 0.6) is 11.5 Å². The maximum absolute atomic E-state index is 10.6. The molecule has 2 rings (SSSR count). The minimum Gasteiger partial charge on any atom is -0.744 e. The summed E-state index contributed by atoms with van der Waals surface area (Å²) >= 11 is 0. The van der Waals surface area contributed by atoms with E-state index in [-0.39, 0.29) is 37.7 Å². The Balaban J connectivity index is 0.000000483. The molecule has 0 aliphatic rings. The summed E-state index contributed by atoms with van der Waals surface area (Å²) in [5.74, 6) is -0.898. The average molecular weight is 443 g/mol. The Morgan fingerprint density at radius 2 is 0.926 bits per heavy atom. The van der Waals surface area contributed by atoms with Crippen LogP contribution in [0.3, 0.4) is 0 Å². The molecule has 2 aromatic rings. The predicted molar refractivity (Wildman–Crippen MR) is 96.8 cm³/mol. The molecule has 0 saturated heterocycles. The Bertz CT molecular complexity index is 959. The van der Waals surface area contributed by atoms with Crippen molar-refractivity contribution in [2.24, 2.45) is 0 Å². The van der Waals surface area contributed by atoms with Crippen molar-refractivity contribution in [3.63, 3.8) is 0 Å². The molecule has 0 aliphatic heterocycles. The van der Waals surface area contributed by atoms with Crippen molar-refractivity contribution in [2.75, 3.05) is 0 Å². The summed E-state index contributed by atoms with van der Waals surface area (Å²) < 4.78 is 63.6. The third kappa shape index (κ3) is 6.60. The van der Waals surface area contributed by atoms with Crippen LogP contribution in [0.25, 0.3) is 0 Å². The van der Waals surface area contributed by atoms with E-state index in [0.29, 0.717) is 11.1 Å². The van der Waals surface area contributed by atoms with Crippen molar-refractivity contribution in [2.45, 2.75) is 37.5 Å². The largest absolute Gasteiger partial charge is 2.00 e. The molecule has 8 nitrogen and oxygen atoms in total. The van der Waals surface area contributed by atoms with Crippen LogP contribution >= 0.6 is 0 Å². The predicted octanol–water partition coefficient (Wildman–Crippen LogP) is 1.45. The van der Waals surface area contributed by atoms with Crippen LogP contribution in [-0.2, 0) is 20.2 Å². The number of rotatable bonds is 2. The third-order valence-corrected chi connectivity index (χ3v) is 5.60. The van der Waals surface area contributed by atoms with E-state index in [4.69, 9.17) is 0 Å². The van der Waals surface area contributed by atoms with Crippen LogP contribution < -0.4 is 0 Å². The number of aromatic hydroxyl groups is 2. The van der Waals surface area contributed by atoms with Gasteiger partial charge in [-0.1, -0.05) is 12.1 Å². The molecular formula is C16H18CaO8S2. The molecule has 0 saturated carbocycles. The van der Waals surface area contributed by atoms with Crippen molar-refractivity contribution in [3.05, 3.63) is 46.5 Å². The first-order valence-corrected chi connectivity index (χ1v) is 9.99. The molecule has 0 radical (unpaired) electrons. The second kappa shape index (κ2) is 9.55. The molecular weight excluding hydrogens is 424 g/mol. The van der Waals surface area contributed by atoms with E-state index in [1.54, 1.807) is 27.7 Å². The Labute approximate surface area is 188 Å². The SMILES string of the molecule is Cc1ccc(S(=O)(=O)[O-])c(O)c1C.Cc1ccc(S(=O)(=O)[O-])c(O)c1C.[Ca+2]. The second-order valence-corrected chi connectivity index (χ2v) is 8.31. The summed E-state index contributed by atoms with van der Waals surface area (Å²) in [5.41, 5.74) is 2.31. The molecule has 0 atom stereocenters. The zero-order valence-electron chi connectivity index (χ0n) is 15.2. The zero-order valence-corrected chi connectivity index (χ0v) is 19.0. The van der Waals surface area contributed by atoms with E-state index in [2.05, 4.69) is 0 Å². The number of phenolic OH excluding ortho intramolecular Hbond substituents is 2. The quantitative estimate of drug-likeness (QED) is 0.523. The van der Waals surface area contributed by atoms with Crippen molar-refractivity contribution in [3.8, 4) is 11.5 Å². The van der Waals surface area contributed by atoms with Gasteiger partial charge in [0.2, 0.25) is 0 Å². The molecule has 0 aliphatic carbocycles. The molecule has 11 heteroatoms. The molecule has 27 heavy (non-hydrogen) atoms. The topological polar surface area (TPSA) is 155 Å². The average Bonchev–Trinajstić information content (AvgIpc) is 2.48. The van der Waals surface area contributed by atoms with Crippen LogP contribution in [0.15, 0.2) is 34.1 Å². The van der Waals surface area contributed by atoms with E-state index in [0.717, 1.165) is 23.3 Å². The smallest absolute Gasteiger partial charge is 0.744 e. The number of hydrogen-bond acceptors (Lipinski definition) is 8. The molecule has 144 valence electrons. The Hall–Kier alpha value is -0.880. The molecule has 0 fully saturated rings. The third-order valence-electron chi connectivity index (χ3n) is 3.87. The fourth-order valence-electron chi connectivity index (χ4n) is 1.96. The first-order chi connectivity index (χ1) is 11.7. The fraction of sp³-hybridized carbons (Fsp3) is 0.250. The van der Waals surface area contributed by atoms with E-state index in [1.165, 1.54) is 12.1 Å². The minimum atomic E-state index is -4.57. The van der Waals surface area contributed by atoms with Gasteiger partial charge < -0.3 is 19.3 Å². The first kappa shape index (κ1) is 26.1. The van der Waals surface area contributed by atoms with Crippen molar-refractivity contribution >= 4 is 58.0 Å². The van der Waals surface area contributed by atoms with Gasteiger partial charge in [0.25, 0.3) is 0 Å². The van der Waals surface area contributed by atoms with Crippen LogP contribution in [0.2, 0.25) is 0 Å². The monoisotopic (exact) mass is 442 g/mol. The fourth-order valence-corrected chi connectivity index (χ4v) is 3.21. The molecule has 2 N–H and O–H groups in total. The van der Waals surface area contributed by atoms with Gasteiger partial charge in [0.15, 0.2) is 0 Å². The Kier molecular flexibility index (Phi) is 9.24. The van der Waals surface area contributed by atoms with Gasteiger partial charge in [0.1, 0.15) is 31.7 Å². The van der Waals surface area contributed by atoms with E-state index in [9.17, 15) is 36.2 Å². The summed E-state index contributed by atoms with van der Waals surface area (Å²) in [6.07, 6.45) is 0. The number of hydrogen-bond donors (Lipinski definition) is 2. The molecule has 0 aromatic heterocycles. The summed E-state index contributed by atoms with van der Waals surface area (Å²) in [6, 6.07) is 5.19. The van der Waals surface area contributed by atoms with E-state index in [1.807, 2.05) is 0 Å². The van der Waals surface area contributed by atoms with Crippen molar-refractivity contribution in [1.82, 2.24) is 0 Å². The summed E-state index contributed by atoms with van der Waals surface area (Å²) in [6.45, 7) is 6.55. The molecule has 2 aromatic carbocycles. The molecule has 0 bridgehead atoms. The zero-order chi connectivity index (χ0) is 20.4. The second-order valence-electron chi connectivity index (χ2n) is 5.62. The Morgan fingerprint density at radius 3 is 1.15 bits per heavy atom. The maximum Gasteiger partial charge on any atom is 2.00 e. The van der Waals surface area contributed by atoms with Gasteiger partial charge in [0, 0.05) is 0 Å².